The quantitative estimate of drug-likeness (QED) is 0.623. The van der Waals surface area contributed by atoms with Crippen molar-refractivity contribution in [1.82, 2.24) is 15.8 Å². The van der Waals surface area contributed by atoms with Crippen molar-refractivity contribution >= 4 is 17.5 Å². The van der Waals surface area contributed by atoms with Gasteiger partial charge in [-0.15, -0.1) is 0 Å². The molecule has 2 aliphatic rings. The topological polar surface area (TPSA) is 99.9 Å². The minimum Gasteiger partial charge on any atom is -0.504 e. The van der Waals surface area contributed by atoms with Gasteiger partial charge in [0.1, 0.15) is 12.6 Å². The Morgan fingerprint density at radius 2 is 2.11 bits per heavy atom. The summed E-state index contributed by atoms with van der Waals surface area (Å²) in [6.07, 6.45) is 0.282. The van der Waals surface area contributed by atoms with Crippen LogP contribution < -0.4 is 21.3 Å². The van der Waals surface area contributed by atoms with E-state index in [4.69, 9.17) is 22.1 Å². The van der Waals surface area contributed by atoms with Gasteiger partial charge in [0.15, 0.2) is 11.5 Å². The maximum Gasteiger partial charge on any atom is 0.241 e. The van der Waals surface area contributed by atoms with E-state index >= 15 is 0 Å². The fourth-order valence-electron chi connectivity index (χ4n) is 3.48. The molecule has 2 atom stereocenters. The molecule has 1 fully saturated rings. The van der Waals surface area contributed by atoms with Gasteiger partial charge < -0.3 is 20.5 Å². The Hall–Kier alpha value is -2.32. The minimum absolute atomic E-state index is 0.0421. The Labute approximate surface area is 162 Å². The molecule has 0 bridgehead atoms. The van der Waals surface area contributed by atoms with Gasteiger partial charge >= 0.3 is 0 Å². The zero-order valence-corrected chi connectivity index (χ0v) is 15.4. The summed E-state index contributed by atoms with van der Waals surface area (Å²) < 4.78 is 5.73. The highest BCUT2D eigenvalue weighted by Gasteiger charge is 2.32. The largest absolute Gasteiger partial charge is 0.504 e. The number of phenolic OH excluding ortho intramolecular Hbond substituents is 1. The Morgan fingerprint density at radius 3 is 2.85 bits per heavy atom. The summed E-state index contributed by atoms with van der Waals surface area (Å²) in [5, 5.41) is 11.1. The van der Waals surface area contributed by atoms with Crippen LogP contribution in [0.3, 0.4) is 0 Å². The number of benzene rings is 2. The number of aromatic hydroxyl groups is 1. The molecule has 1 saturated heterocycles. The highest BCUT2D eigenvalue weighted by Crippen LogP contribution is 2.38. The molecule has 27 heavy (non-hydrogen) atoms. The molecular formula is C19H21ClN4O3. The van der Waals surface area contributed by atoms with Gasteiger partial charge in [0, 0.05) is 23.6 Å². The zero-order valence-electron chi connectivity index (χ0n) is 14.6. The number of hydrazine groups is 1. The number of ether oxygens (including phenoxy) is 1. The maximum absolute atomic E-state index is 12.8. The molecule has 2 unspecified atom stereocenters. The van der Waals surface area contributed by atoms with E-state index in [9.17, 15) is 9.90 Å². The molecule has 2 aromatic carbocycles. The van der Waals surface area contributed by atoms with Crippen LogP contribution in [0.2, 0.25) is 5.02 Å². The number of carbonyl (C=O) groups is 1. The van der Waals surface area contributed by atoms with Crippen LogP contribution in [0.15, 0.2) is 36.4 Å². The van der Waals surface area contributed by atoms with E-state index in [1.165, 1.54) is 0 Å². The molecule has 2 heterocycles. The van der Waals surface area contributed by atoms with Gasteiger partial charge in [-0.05, 0) is 35.4 Å². The number of nitrogens with zero attached hydrogens (tertiary/aromatic N) is 1. The van der Waals surface area contributed by atoms with Gasteiger partial charge in [0.05, 0.1) is 12.7 Å². The highest BCUT2D eigenvalue weighted by atomic mass is 35.5. The number of halogens is 1. The first-order valence-electron chi connectivity index (χ1n) is 8.81. The van der Waals surface area contributed by atoms with E-state index in [-0.39, 0.29) is 23.9 Å². The second kappa shape index (κ2) is 7.36. The molecule has 142 valence electrons. The molecule has 0 radical (unpaired) electrons. The third-order valence-corrected chi connectivity index (χ3v) is 5.05. The molecule has 0 spiro atoms. The van der Waals surface area contributed by atoms with Crippen molar-refractivity contribution in [2.45, 2.75) is 25.2 Å². The summed E-state index contributed by atoms with van der Waals surface area (Å²) in [5.41, 5.74) is 14.1. The molecule has 2 aromatic rings. The van der Waals surface area contributed by atoms with Crippen LogP contribution in [0.4, 0.5) is 0 Å². The molecule has 5 N–H and O–H groups in total. The summed E-state index contributed by atoms with van der Waals surface area (Å²) in [5.74, 6) is 0.435. The van der Waals surface area contributed by atoms with E-state index in [1.807, 2.05) is 24.3 Å². The Morgan fingerprint density at radius 1 is 1.26 bits per heavy atom. The van der Waals surface area contributed by atoms with E-state index in [0.29, 0.717) is 36.9 Å². The number of hydrogen-bond acceptors (Lipinski definition) is 6. The molecular weight excluding hydrogens is 368 g/mol. The number of hydrogen-bond donors (Lipinski definition) is 4. The van der Waals surface area contributed by atoms with Gasteiger partial charge in [-0.1, -0.05) is 23.7 Å². The van der Waals surface area contributed by atoms with Crippen LogP contribution in [-0.4, -0.2) is 41.3 Å². The number of rotatable bonds is 2. The molecule has 1 amide bonds. The van der Waals surface area contributed by atoms with Crippen molar-refractivity contribution in [2.24, 2.45) is 5.73 Å². The Kier molecular flexibility index (Phi) is 4.92. The Balaban J connectivity index is 1.64. The predicted octanol–water partition coefficient (Wildman–Crippen LogP) is 1.58. The fraction of sp³-hybridized carbons (Fsp3) is 0.316. The number of phenols is 1. The number of fused-ring (bicyclic) bond motifs is 1. The van der Waals surface area contributed by atoms with Crippen LogP contribution >= 0.6 is 11.6 Å². The highest BCUT2D eigenvalue weighted by molar-refractivity contribution is 6.30. The number of nitrogens with one attached hydrogen (secondary N) is 2. The van der Waals surface area contributed by atoms with Crippen LogP contribution in [0.25, 0.3) is 11.1 Å². The minimum atomic E-state index is -0.369. The van der Waals surface area contributed by atoms with Crippen molar-refractivity contribution in [3.8, 4) is 22.6 Å². The smallest absolute Gasteiger partial charge is 0.241 e. The number of amides is 1. The average Bonchev–Trinajstić information content (AvgIpc) is 2.96. The van der Waals surface area contributed by atoms with Gasteiger partial charge in [-0.2, -0.15) is 0 Å². The second-order valence-electron chi connectivity index (χ2n) is 6.79. The third kappa shape index (κ3) is 3.72. The van der Waals surface area contributed by atoms with Crippen molar-refractivity contribution in [1.29, 1.82) is 0 Å². The lowest BCUT2D eigenvalue weighted by molar-refractivity contribution is -0.133. The molecule has 7 nitrogen and oxygen atoms in total. The zero-order chi connectivity index (χ0) is 19.0. The van der Waals surface area contributed by atoms with Crippen LogP contribution in [-0.2, 0) is 11.3 Å². The normalized spacial score (nSPS) is 22.1. The predicted molar refractivity (Wildman–Crippen MR) is 102 cm³/mol. The molecule has 0 saturated carbocycles. The van der Waals surface area contributed by atoms with Crippen molar-refractivity contribution < 1.29 is 14.6 Å². The standard InChI is InChI=1S/C19H21ClN4O3/c20-14-3-1-2-11(7-14)12-6-13-10-24(4-5-27-18(13)16(25)8-12)19(26)15-9-17(21)23-22-15/h1-3,6-8,15,17,22-23,25H,4-5,9-10,21H2. The molecule has 2 aliphatic heterocycles. The van der Waals surface area contributed by atoms with Crippen molar-refractivity contribution in [3.05, 3.63) is 47.0 Å². The summed E-state index contributed by atoms with van der Waals surface area (Å²) in [6, 6.07) is 10.6. The molecule has 0 aliphatic carbocycles. The van der Waals surface area contributed by atoms with Gasteiger partial charge in [0.25, 0.3) is 0 Å². The maximum atomic E-state index is 12.8. The lowest BCUT2D eigenvalue weighted by atomic mass is 10.0. The number of carbonyl (C=O) groups excluding carboxylic acids is 1. The molecule has 0 aromatic heterocycles. The van der Waals surface area contributed by atoms with Gasteiger partial charge in [-0.25, -0.2) is 10.9 Å². The summed E-state index contributed by atoms with van der Waals surface area (Å²) in [6.45, 7) is 1.10. The summed E-state index contributed by atoms with van der Waals surface area (Å²) in [7, 11) is 0. The Bertz CT molecular complexity index is 876. The SMILES string of the molecule is NC1CC(C(=O)N2CCOc3c(O)cc(-c4cccc(Cl)c4)cc3C2)NN1. The summed E-state index contributed by atoms with van der Waals surface area (Å²) in [4.78, 5) is 14.6. The van der Waals surface area contributed by atoms with Gasteiger partial charge in [-0.3, -0.25) is 4.79 Å². The number of nitrogens with two attached hydrogens (primary N) is 1. The average molecular weight is 389 g/mol. The summed E-state index contributed by atoms with van der Waals surface area (Å²) >= 11 is 6.09. The molecule has 4 rings (SSSR count). The second-order valence-corrected chi connectivity index (χ2v) is 7.22. The van der Waals surface area contributed by atoms with Crippen molar-refractivity contribution in [2.75, 3.05) is 13.2 Å². The van der Waals surface area contributed by atoms with Crippen molar-refractivity contribution in [3.63, 3.8) is 0 Å². The van der Waals surface area contributed by atoms with Gasteiger partial charge in [0.2, 0.25) is 5.91 Å². The fourth-order valence-corrected chi connectivity index (χ4v) is 3.67. The van der Waals surface area contributed by atoms with Crippen LogP contribution in [0.5, 0.6) is 11.5 Å². The third-order valence-electron chi connectivity index (χ3n) is 4.82. The van der Waals surface area contributed by atoms with Crippen LogP contribution in [0.1, 0.15) is 12.0 Å². The van der Waals surface area contributed by atoms with E-state index < -0.39 is 0 Å². The monoisotopic (exact) mass is 388 g/mol. The molecule has 8 heteroatoms. The first kappa shape index (κ1) is 18.1. The lowest BCUT2D eigenvalue weighted by Gasteiger charge is -2.23. The van der Waals surface area contributed by atoms with E-state index in [0.717, 1.165) is 16.7 Å². The van der Waals surface area contributed by atoms with E-state index in [2.05, 4.69) is 10.9 Å². The lowest BCUT2D eigenvalue weighted by Crippen LogP contribution is -2.46. The van der Waals surface area contributed by atoms with E-state index in [1.54, 1.807) is 17.0 Å². The van der Waals surface area contributed by atoms with Crippen LogP contribution in [0, 0.1) is 0 Å². The first-order valence-corrected chi connectivity index (χ1v) is 9.19. The first-order chi connectivity index (χ1) is 13.0.